The second-order valence-electron chi connectivity index (χ2n) is 10.3. The number of hydrogen-bond acceptors (Lipinski definition) is 6. The normalized spacial score (nSPS) is 13.3. The molecule has 0 unspecified atom stereocenters. The number of hydrogen-bond donors (Lipinski definition) is 1. The summed E-state index contributed by atoms with van der Waals surface area (Å²) in [6.45, 7) is 12.0. The van der Waals surface area contributed by atoms with E-state index in [-0.39, 0.29) is 5.91 Å². The molecule has 1 aliphatic heterocycles. The van der Waals surface area contributed by atoms with E-state index in [9.17, 15) is 4.79 Å². The molecule has 2 aromatic carbocycles. The maximum atomic E-state index is 13.1. The Bertz CT molecular complexity index is 1270. The lowest BCUT2D eigenvalue weighted by molar-refractivity contribution is 0.0947. The van der Waals surface area contributed by atoms with Gasteiger partial charge in [-0.05, 0) is 68.0 Å². The molecular formula is C32H43N3O4. The van der Waals surface area contributed by atoms with E-state index in [0.717, 1.165) is 74.1 Å². The molecule has 0 radical (unpaired) electrons. The van der Waals surface area contributed by atoms with E-state index in [4.69, 9.17) is 14.0 Å². The zero-order chi connectivity index (χ0) is 27.8. The summed E-state index contributed by atoms with van der Waals surface area (Å²) in [6.07, 6.45) is 5.79. The number of aromatic nitrogens is 1. The van der Waals surface area contributed by atoms with Crippen LogP contribution in [0.4, 0.5) is 0 Å². The van der Waals surface area contributed by atoms with E-state index in [2.05, 4.69) is 67.5 Å². The van der Waals surface area contributed by atoms with E-state index < -0.39 is 0 Å². The van der Waals surface area contributed by atoms with Crippen LogP contribution in [0.25, 0.3) is 22.5 Å². The van der Waals surface area contributed by atoms with Gasteiger partial charge in [0.15, 0.2) is 11.5 Å². The zero-order valence-electron chi connectivity index (χ0n) is 24.2. The van der Waals surface area contributed by atoms with E-state index in [1.54, 1.807) is 0 Å². The van der Waals surface area contributed by atoms with Crippen molar-refractivity contribution >= 4 is 5.91 Å². The molecule has 0 fully saturated rings. The average molecular weight is 534 g/mol. The van der Waals surface area contributed by atoms with Gasteiger partial charge in [0.2, 0.25) is 0 Å². The van der Waals surface area contributed by atoms with Crippen molar-refractivity contribution in [1.29, 1.82) is 0 Å². The molecule has 7 heteroatoms. The number of fused-ring (bicyclic) bond motifs is 1. The fraction of sp³-hybridized carbons (Fsp3) is 0.500. The number of unbranched alkanes of at least 4 members (excludes halogenated alkanes) is 2. The zero-order valence-corrected chi connectivity index (χ0v) is 24.2. The summed E-state index contributed by atoms with van der Waals surface area (Å²) >= 11 is 0. The van der Waals surface area contributed by atoms with Crippen molar-refractivity contribution in [3.8, 4) is 33.9 Å². The molecular weight excluding hydrogens is 490 g/mol. The highest BCUT2D eigenvalue weighted by molar-refractivity contribution is 6.02. The number of likely N-dealkylation sites (N-methyl/N-ethyl adjacent to an activating group) is 1. The predicted molar refractivity (Wildman–Crippen MR) is 156 cm³/mol. The molecule has 4 rings (SSSR count). The molecule has 0 bridgehead atoms. The second kappa shape index (κ2) is 13.7. The lowest BCUT2D eigenvalue weighted by Gasteiger charge is -2.25. The summed E-state index contributed by atoms with van der Waals surface area (Å²) < 4.78 is 18.5. The van der Waals surface area contributed by atoms with Crippen LogP contribution >= 0.6 is 0 Å². The molecule has 0 atom stereocenters. The van der Waals surface area contributed by atoms with Crippen molar-refractivity contribution in [3.63, 3.8) is 0 Å². The third-order valence-electron chi connectivity index (χ3n) is 7.24. The van der Waals surface area contributed by atoms with Crippen LogP contribution in [0.5, 0.6) is 11.5 Å². The van der Waals surface area contributed by atoms with Crippen LogP contribution in [0, 0.1) is 0 Å². The highest BCUT2D eigenvalue weighted by Gasteiger charge is 2.28. The fourth-order valence-corrected chi connectivity index (χ4v) is 4.96. The molecule has 1 N–H and O–H groups in total. The first kappa shape index (κ1) is 28.7. The lowest BCUT2D eigenvalue weighted by Crippen LogP contribution is -2.26. The summed E-state index contributed by atoms with van der Waals surface area (Å²) in [7, 11) is 2.14. The van der Waals surface area contributed by atoms with Gasteiger partial charge in [-0.15, -0.1) is 0 Å². The molecule has 0 aliphatic carbocycles. The third kappa shape index (κ3) is 6.64. The van der Waals surface area contributed by atoms with Gasteiger partial charge in [0.25, 0.3) is 5.91 Å². The molecule has 1 aromatic heterocycles. The van der Waals surface area contributed by atoms with Crippen molar-refractivity contribution in [2.24, 2.45) is 0 Å². The van der Waals surface area contributed by atoms with Gasteiger partial charge in [0.05, 0.1) is 24.3 Å². The summed E-state index contributed by atoms with van der Waals surface area (Å²) in [4.78, 5) is 15.5. The van der Waals surface area contributed by atoms with Crippen molar-refractivity contribution in [3.05, 3.63) is 52.7 Å². The van der Waals surface area contributed by atoms with Gasteiger partial charge >= 0.3 is 0 Å². The Balaban J connectivity index is 1.87. The van der Waals surface area contributed by atoms with Crippen LogP contribution in [-0.4, -0.2) is 49.3 Å². The standard InChI is InChI=1S/C32H43N3O4/c1-6-10-16-37-27-20-28(38-17-11-7-2)26(19-22(27)8-3)31-29(30(34-39-31)32(36)33-9-4)24-12-13-25-21-35(5)15-14-23(25)18-24/h12-13,18-20H,6-11,14-17,21H2,1-5H3,(H,33,36). The predicted octanol–water partition coefficient (Wildman–Crippen LogP) is 6.67. The van der Waals surface area contributed by atoms with Gasteiger partial charge in [-0.1, -0.05) is 57.0 Å². The average Bonchev–Trinajstić information content (AvgIpc) is 3.38. The van der Waals surface area contributed by atoms with Crippen molar-refractivity contribution < 1.29 is 18.8 Å². The van der Waals surface area contributed by atoms with Gasteiger partial charge < -0.3 is 24.2 Å². The van der Waals surface area contributed by atoms with Crippen LogP contribution < -0.4 is 14.8 Å². The lowest BCUT2D eigenvalue weighted by atomic mass is 9.92. The summed E-state index contributed by atoms with van der Waals surface area (Å²) in [5.41, 5.74) is 6.39. The van der Waals surface area contributed by atoms with E-state index in [1.165, 1.54) is 11.1 Å². The number of aryl methyl sites for hydroxylation is 1. The van der Waals surface area contributed by atoms with Gasteiger partial charge in [-0.25, -0.2) is 0 Å². The number of carbonyl (C=O) groups excluding carboxylic acids is 1. The summed E-state index contributed by atoms with van der Waals surface area (Å²) in [5.74, 6) is 1.82. The quantitative estimate of drug-likeness (QED) is 0.247. The second-order valence-corrected chi connectivity index (χ2v) is 10.3. The number of nitrogens with zero attached hydrogens (tertiary/aromatic N) is 2. The van der Waals surface area contributed by atoms with Crippen LogP contribution in [0.2, 0.25) is 0 Å². The Morgan fingerprint density at radius 2 is 1.74 bits per heavy atom. The maximum Gasteiger partial charge on any atom is 0.274 e. The third-order valence-corrected chi connectivity index (χ3v) is 7.24. The number of amides is 1. The molecule has 7 nitrogen and oxygen atoms in total. The number of rotatable bonds is 13. The highest BCUT2D eigenvalue weighted by atomic mass is 16.5. The molecule has 1 aliphatic rings. The minimum absolute atomic E-state index is 0.247. The Labute approximate surface area is 232 Å². The molecule has 39 heavy (non-hydrogen) atoms. The number of benzene rings is 2. The first-order valence-electron chi connectivity index (χ1n) is 14.5. The molecule has 210 valence electrons. The van der Waals surface area contributed by atoms with E-state index in [0.29, 0.717) is 42.5 Å². The Morgan fingerprint density at radius 1 is 1.00 bits per heavy atom. The van der Waals surface area contributed by atoms with Crippen LogP contribution in [-0.2, 0) is 19.4 Å². The fourth-order valence-electron chi connectivity index (χ4n) is 4.96. The van der Waals surface area contributed by atoms with E-state index >= 15 is 0 Å². The molecule has 0 spiro atoms. The van der Waals surface area contributed by atoms with Crippen LogP contribution in [0.1, 0.15) is 80.6 Å². The van der Waals surface area contributed by atoms with Crippen molar-refractivity contribution in [1.82, 2.24) is 15.4 Å². The number of ether oxygens (including phenoxy) is 2. The highest BCUT2D eigenvalue weighted by Crippen LogP contribution is 2.43. The number of nitrogens with one attached hydrogen (secondary N) is 1. The van der Waals surface area contributed by atoms with E-state index in [1.807, 2.05) is 13.0 Å². The monoisotopic (exact) mass is 533 g/mol. The van der Waals surface area contributed by atoms with Gasteiger partial charge in [0.1, 0.15) is 11.5 Å². The largest absolute Gasteiger partial charge is 0.493 e. The first-order chi connectivity index (χ1) is 19.0. The van der Waals surface area contributed by atoms with Gasteiger partial charge in [-0.3, -0.25) is 4.79 Å². The molecule has 3 aromatic rings. The van der Waals surface area contributed by atoms with Crippen LogP contribution in [0.15, 0.2) is 34.9 Å². The molecule has 2 heterocycles. The number of carbonyl (C=O) groups is 1. The molecule has 1 amide bonds. The van der Waals surface area contributed by atoms with Crippen molar-refractivity contribution in [2.75, 3.05) is 33.4 Å². The van der Waals surface area contributed by atoms with Crippen LogP contribution in [0.3, 0.4) is 0 Å². The molecule has 0 saturated heterocycles. The summed E-state index contributed by atoms with van der Waals surface area (Å²) in [6, 6.07) is 10.5. The Morgan fingerprint density at radius 3 is 2.44 bits per heavy atom. The minimum Gasteiger partial charge on any atom is -0.493 e. The maximum absolute atomic E-state index is 13.1. The minimum atomic E-state index is -0.247. The summed E-state index contributed by atoms with van der Waals surface area (Å²) in [5, 5.41) is 7.21. The van der Waals surface area contributed by atoms with Crippen molar-refractivity contribution in [2.45, 2.75) is 72.8 Å². The van der Waals surface area contributed by atoms with Gasteiger partial charge in [-0.2, -0.15) is 0 Å². The van der Waals surface area contributed by atoms with Gasteiger partial charge in [0, 0.05) is 25.7 Å². The first-order valence-corrected chi connectivity index (χ1v) is 14.5. The Hall–Kier alpha value is -3.32. The SMILES string of the molecule is CCCCOc1cc(OCCCC)c(-c2onc(C(=O)NCC)c2-c2ccc3c(c2)CCN(C)C3)cc1CC. The molecule has 0 saturated carbocycles. The smallest absolute Gasteiger partial charge is 0.274 e. The topological polar surface area (TPSA) is 76.8 Å². The Kier molecular flexibility index (Phi) is 10.0.